The predicted octanol–water partition coefficient (Wildman–Crippen LogP) is 3.40. The standard InChI is InChI=1S/C23H23F2N3O3/c1-2-26-11-14-7-8-27(12-14)21-10-20-17(9-19(21)25)22(29)18(23(30)31)13-28(20)16-5-3-15(24)4-6-16/h3-6,9-10,13-14,26H,2,7-8,11-12H2,1H3,(H,30,31). The molecule has 0 radical (unpaired) electrons. The van der Waals surface area contributed by atoms with Gasteiger partial charge in [-0.1, -0.05) is 6.92 Å². The number of hydrogen-bond acceptors (Lipinski definition) is 4. The van der Waals surface area contributed by atoms with E-state index in [2.05, 4.69) is 5.32 Å². The molecule has 31 heavy (non-hydrogen) atoms. The zero-order valence-electron chi connectivity index (χ0n) is 17.1. The maximum Gasteiger partial charge on any atom is 0.341 e. The maximum atomic E-state index is 15.0. The molecule has 0 bridgehead atoms. The van der Waals surface area contributed by atoms with E-state index in [1.54, 1.807) is 6.07 Å². The van der Waals surface area contributed by atoms with E-state index in [-0.39, 0.29) is 5.39 Å². The lowest BCUT2D eigenvalue weighted by atomic mass is 10.1. The molecule has 1 unspecified atom stereocenters. The van der Waals surface area contributed by atoms with E-state index in [1.807, 2.05) is 11.8 Å². The van der Waals surface area contributed by atoms with Gasteiger partial charge in [0.15, 0.2) is 0 Å². The van der Waals surface area contributed by atoms with Gasteiger partial charge in [0.25, 0.3) is 0 Å². The first-order valence-corrected chi connectivity index (χ1v) is 10.2. The number of carboxylic acid groups (broad SMARTS) is 1. The van der Waals surface area contributed by atoms with Crippen LogP contribution in [0.25, 0.3) is 16.6 Å². The summed E-state index contributed by atoms with van der Waals surface area (Å²) >= 11 is 0. The number of hydrogen-bond donors (Lipinski definition) is 2. The van der Waals surface area contributed by atoms with Crippen molar-refractivity contribution in [3.63, 3.8) is 0 Å². The minimum Gasteiger partial charge on any atom is -0.477 e. The number of aromatic carboxylic acids is 1. The second-order valence-corrected chi connectivity index (χ2v) is 7.75. The normalized spacial score (nSPS) is 16.2. The van der Waals surface area contributed by atoms with Gasteiger partial charge in [-0.25, -0.2) is 13.6 Å². The summed E-state index contributed by atoms with van der Waals surface area (Å²) in [6.07, 6.45) is 2.13. The quantitative estimate of drug-likeness (QED) is 0.631. The van der Waals surface area contributed by atoms with Gasteiger partial charge >= 0.3 is 5.97 Å². The van der Waals surface area contributed by atoms with E-state index < -0.39 is 28.6 Å². The van der Waals surface area contributed by atoms with Crippen LogP contribution >= 0.6 is 0 Å². The molecule has 2 N–H and O–H groups in total. The van der Waals surface area contributed by atoms with Crippen LogP contribution in [0, 0.1) is 17.6 Å². The molecule has 2 aromatic carbocycles. The van der Waals surface area contributed by atoms with Gasteiger partial charge in [-0.2, -0.15) is 0 Å². The Labute approximate surface area is 177 Å². The van der Waals surface area contributed by atoms with Crippen molar-refractivity contribution in [3.8, 4) is 5.69 Å². The van der Waals surface area contributed by atoms with E-state index in [1.165, 1.54) is 35.0 Å². The Kier molecular flexibility index (Phi) is 5.73. The highest BCUT2D eigenvalue weighted by atomic mass is 19.1. The van der Waals surface area contributed by atoms with Crippen molar-refractivity contribution >= 4 is 22.6 Å². The zero-order valence-corrected chi connectivity index (χ0v) is 17.1. The molecule has 1 aliphatic rings. The molecule has 1 saturated heterocycles. The molecule has 1 fully saturated rings. The fraction of sp³-hybridized carbons (Fsp3) is 0.304. The Morgan fingerprint density at radius 3 is 2.65 bits per heavy atom. The zero-order chi connectivity index (χ0) is 22.1. The molecule has 162 valence electrons. The molecule has 6 nitrogen and oxygen atoms in total. The van der Waals surface area contributed by atoms with Crippen LogP contribution in [-0.4, -0.2) is 41.8 Å². The van der Waals surface area contributed by atoms with Crippen LogP contribution in [0.2, 0.25) is 0 Å². The third-order valence-electron chi connectivity index (χ3n) is 5.72. The lowest BCUT2D eigenvalue weighted by Crippen LogP contribution is -2.27. The van der Waals surface area contributed by atoms with Gasteiger partial charge in [0.05, 0.1) is 11.2 Å². The molecule has 2 heterocycles. The van der Waals surface area contributed by atoms with E-state index in [4.69, 9.17) is 0 Å². The first kappa shape index (κ1) is 21.0. The summed E-state index contributed by atoms with van der Waals surface area (Å²) in [6, 6.07) is 8.14. The highest BCUT2D eigenvalue weighted by Crippen LogP contribution is 2.30. The van der Waals surface area contributed by atoms with Crippen LogP contribution in [0.1, 0.15) is 23.7 Å². The SMILES string of the molecule is CCNCC1CCN(c2cc3c(cc2F)c(=O)c(C(=O)O)cn3-c2ccc(F)cc2)C1. The molecule has 0 amide bonds. The summed E-state index contributed by atoms with van der Waals surface area (Å²) in [5.41, 5.74) is -0.0236. The van der Waals surface area contributed by atoms with Crippen LogP contribution in [0.4, 0.5) is 14.5 Å². The van der Waals surface area contributed by atoms with Gasteiger partial charge in [-0.15, -0.1) is 0 Å². The van der Waals surface area contributed by atoms with E-state index in [0.717, 1.165) is 25.6 Å². The van der Waals surface area contributed by atoms with Gasteiger partial charge < -0.3 is 19.9 Å². The third kappa shape index (κ3) is 4.03. The van der Waals surface area contributed by atoms with Gasteiger partial charge in [0, 0.05) is 30.4 Å². The Morgan fingerprint density at radius 1 is 1.23 bits per heavy atom. The minimum atomic E-state index is -1.40. The molecule has 3 aromatic rings. The molecule has 1 aromatic heterocycles. The summed E-state index contributed by atoms with van der Waals surface area (Å²) < 4.78 is 30.0. The average Bonchev–Trinajstić information content (AvgIpc) is 3.22. The number of rotatable bonds is 6. The van der Waals surface area contributed by atoms with E-state index >= 15 is 4.39 Å². The summed E-state index contributed by atoms with van der Waals surface area (Å²) in [5.74, 6) is -2.02. The van der Waals surface area contributed by atoms with Crippen molar-refractivity contribution in [2.24, 2.45) is 5.92 Å². The lowest BCUT2D eigenvalue weighted by molar-refractivity contribution is 0.0695. The summed E-state index contributed by atoms with van der Waals surface area (Å²) in [7, 11) is 0. The average molecular weight is 427 g/mol. The Hall–Kier alpha value is -3.26. The number of fused-ring (bicyclic) bond motifs is 1. The first-order valence-electron chi connectivity index (χ1n) is 10.2. The molecule has 0 aliphatic carbocycles. The van der Waals surface area contributed by atoms with E-state index in [9.17, 15) is 19.1 Å². The molecular weight excluding hydrogens is 404 g/mol. The number of benzene rings is 2. The second kappa shape index (κ2) is 8.47. The van der Waals surface area contributed by atoms with Crippen molar-refractivity contribution in [3.05, 3.63) is 70.0 Å². The number of nitrogens with one attached hydrogen (secondary N) is 1. The van der Waals surface area contributed by atoms with Crippen LogP contribution in [-0.2, 0) is 0 Å². The molecule has 4 rings (SSSR count). The van der Waals surface area contributed by atoms with Crippen LogP contribution < -0.4 is 15.6 Å². The van der Waals surface area contributed by atoms with Gasteiger partial charge in [0.2, 0.25) is 5.43 Å². The number of carboxylic acids is 1. The van der Waals surface area contributed by atoms with Gasteiger partial charge in [0.1, 0.15) is 17.2 Å². The van der Waals surface area contributed by atoms with Crippen molar-refractivity contribution in [2.75, 3.05) is 31.1 Å². The molecular formula is C23H23F2N3O3. The van der Waals surface area contributed by atoms with Gasteiger partial charge in [-0.05, 0) is 61.8 Å². The number of nitrogens with zero attached hydrogens (tertiary/aromatic N) is 2. The van der Waals surface area contributed by atoms with Crippen molar-refractivity contribution in [1.82, 2.24) is 9.88 Å². The number of aromatic nitrogens is 1. The monoisotopic (exact) mass is 427 g/mol. The molecule has 0 spiro atoms. The smallest absolute Gasteiger partial charge is 0.341 e. The molecule has 0 saturated carbocycles. The minimum absolute atomic E-state index is 0.0335. The van der Waals surface area contributed by atoms with Crippen LogP contribution in [0.3, 0.4) is 0 Å². The Bertz CT molecular complexity index is 1190. The highest BCUT2D eigenvalue weighted by molar-refractivity contribution is 5.94. The fourth-order valence-corrected chi connectivity index (χ4v) is 4.11. The molecule has 1 aliphatic heterocycles. The predicted molar refractivity (Wildman–Crippen MR) is 115 cm³/mol. The number of pyridine rings is 1. The third-order valence-corrected chi connectivity index (χ3v) is 5.72. The summed E-state index contributed by atoms with van der Waals surface area (Å²) in [6.45, 7) is 5.13. The van der Waals surface area contributed by atoms with Crippen molar-refractivity contribution in [2.45, 2.75) is 13.3 Å². The lowest BCUT2D eigenvalue weighted by Gasteiger charge is -2.21. The van der Waals surface area contributed by atoms with Crippen molar-refractivity contribution < 1.29 is 18.7 Å². The van der Waals surface area contributed by atoms with Crippen molar-refractivity contribution in [1.29, 1.82) is 0 Å². The van der Waals surface area contributed by atoms with E-state index in [0.29, 0.717) is 35.9 Å². The second-order valence-electron chi connectivity index (χ2n) is 7.75. The topological polar surface area (TPSA) is 74.6 Å². The van der Waals surface area contributed by atoms with Gasteiger partial charge in [-0.3, -0.25) is 4.79 Å². The summed E-state index contributed by atoms with van der Waals surface area (Å²) in [4.78, 5) is 26.3. The number of anilines is 1. The largest absolute Gasteiger partial charge is 0.477 e. The first-order chi connectivity index (χ1) is 14.9. The maximum absolute atomic E-state index is 15.0. The van der Waals surface area contributed by atoms with Crippen LogP contribution in [0.15, 0.2) is 47.4 Å². The Morgan fingerprint density at radius 2 is 1.97 bits per heavy atom. The summed E-state index contributed by atoms with van der Waals surface area (Å²) in [5, 5.41) is 12.7. The van der Waals surface area contributed by atoms with Crippen LogP contribution in [0.5, 0.6) is 0 Å². The number of halogens is 2. The fourth-order valence-electron chi connectivity index (χ4n) is 4.11. The highest BCUT2D eigenvalue weighted by Gasteiger charge is 2.26. The Balaban J connectivity index is 1.86. The molecule has 1 atom stereocenters. The number of carbonyl (C=O) groups is 1. The molecule has 8 heteroatoms.